The molecule has 14 heteroatoms. The highest BCUT2D eigenvalue weighted by molar-refractivity contribution is 5.77. The molecular formula is C16H41N11O3. The molecule has 1 fully saturated rings. The molecule has 0 atom stereocenters. The van der Waals surface area contributed by atoms with E-state index in [1.807, 2.05) is 4.90 Å². The first-order valence-electron chi connectivity index (χ1n) is 8.88. The average Bonchev–Trinajstić information content (AvgIpc) is 3.18. The van der Waals surface area contributed by atoms with Crippen molar-refractivity contribution in [3.05, 3.63) is 0 Å². The maximum absolute atomic E-state index is 10.6. The molecule has 1 aliphatic rings. The predicted molar refractivity (Wildman–Crippen MR) is 123 cm³/mol. The highest BCUT2D eigenvalue weighted by Crippen LogP contribution is 2.06. The topological polar surface area (TPSA) is 241 Å². The van der Waals surface area contributed by atoms with Crippen molar-refractivity contribution in [2.45, 2.75) is 47.5 Å². The van der Waals surface area contributed by atoms with Crippen molar-refractivity contribution in [2.24, 2.45) is 49.3 Å². The predicted octanol–water partition coefficient (Wildman–Crippen LogP) is -0.959. The van der Waals surface area contributed by atoms with E-state index in [4.69, 9.17) is 28.1 Å². The fourth-order valence-electron chi connectivity index (χ4n) is 1.35. The van der Waals surface area contributed by atoms with E-state index in [2.05, 4.69) is 36.6 Å². The molecule has 1 aliphatic heterocycles. The number of hydrazone groups is 2. The Morgan fingerprint density at radius 3 is 1.40 bits per heavy atom. The smallest absolute Gasteiger partial charge is 0.219 e. The van der Waals surface area contributed by atoms with Gasteiger partial charge in [0.2, 0.25) is 5.91 Å². The van der Waals surface area contributed by atoms with Gasteiger partial charge in [-0.2, -0.15) is 10.2 Å². The van der Waals surface area contributed by atoms with Crippen LogP contribution < -0.4 is 34.2 Å². The zero-order chi connectivity index (χ0) is 24.5. The standard InChI is InChI=1S/C6H11NO.C3H9N3.C3H8N2O.C2H7N3.C2H6N2O/c1-6(8)7-4-2-3-5-7;1-3(4)6-5-2;1-3(4)5-6-2;1-2(3)5-4;1-2(3)4-5/h2-5H2,1H3;5H,1-2H3,(H2,4,6);1-2H3,(H2,4,5);4H2,1H3,(H2,3,5);5H,1H3,(H2,3,4). The summed E-state index contributed by atoms with van der Waals surface area (Å²) in [6.07, 6.45) is 2.39. The normalized spacial score (nSPS) is 13.6. The van der Waals surface area contributed by atoms with Crippen LogP contribution in [0.4, 0.5) is 0 Å². The summed E-state index contributed by atoms with van der Waals surface area (Å²) in [5.41, 5.74) is 22.4. The van der Waals surface area contributed by atoms with Gasteiger partial charge in [-0.15, -0.1) is 0 Å². The number of amides is 1. The van der Waals surface area contributed by atoms with E-state index in [0.717, 1.165) is 13.1 Å². The number of rotatable bonds is 2. The van der Waals surface area contributed by atoms with E-state index < -0.39 is 0 Å². The summed E-state index contributed by atoms with van der Waals surface area (Å²) in [4.78, 5) is 16.7. The fraction of sp³-hybridized carbons (Fsp3) is 0.688. The fourth-order valence-corrected chi connectivity index (χ4v) is 1.35. The van der Waals surface area contributed by atoms with Gasteiger partial charge in [0.05, 0.1) is 0 Å². The zero-order valence-electron chi connectivity index (χ0n) is 19.2. The summed E-state index contributed by atoms with van der Waals surface area (Å²) in [5, 5.41) is 20.2. The van der Waals surface area contributed by atoms with E-state index >= 15 is 0 Å². The van der Waals surface area contributed by atoms with Crippen molar-refractivity contribution in [3.8, 4) is 0 Å². The van der Waals surface area contributed by atoms with Crippen molar-refractivity contribution in [1.29, 1.82) is 0 Å². The minimum Gasteiger partial charge on any atom is -0.409 e. The van der Waals surface area contributed by atoms with Crippen LogP contribution in [0.15, 0.2) is 20.5 Å². The Labute approximate surface area is 179 Å². The molecule has 0 aromatic rings. The number of nitrogens with zero attached hydrogens (tertiary/aromatic N) is 5. The number of carbonyl (C=O) groups is 1. The van der Waals surface area contributed by atoms with Gasteiger partial charge >= 0.3 is 0 Å². The van der Waals surface area contributed by atoms with Gasteiger partial charge in [0.15, 0.2) is 0 Å². The molecule has 0 bridgehead atoms. The Balaban J connectivity index is -0.000000143. The summed E-state index contributed by atoms with van der Waals surface area (Å²) in [5.74, 6) is 6.45. The molecule has 0 spiro atoms. The molecule has 14 nitrogen and oxygen atoms in total. The molecule has 0 unspecified atom stereocenters. The molecule has 1 saturated heterocycles. The van der Waals surface area contributed by atoms with Crippen LogP contribution in [-0.4, -0.2) is 66.6 Å². The van der Waals surface area contributed by atoms with Crippen LogP contribution in [-0.2, 0) is 9.63 Å². The van der Waals surface area contributed by atoms with Gasteiger partial charge in [0.25, 0.3) is 0 Å². The molecule has 178 valence electrons. The first kappa shape index (κ1) is 34.1. The van der Waals surface area contributed by atoms with E-state index in [0.29, 0.717) is 17.5 Å². The Bertz CT molecular complexity index is 479. The number of carbonyl (C=O) groups excluding carboxylic acids is 1. The maximum atomic E-state index is 10.6. The monoisotopic (exact) mass is 435 g/mol. The molecule has 0 saturated carbocycles. The minimum atomic E-state index is 0.185. The SMILES string of the molecule is CC(=O)N1CCCC1.CC(N)=NN.CC(N)=NO.CNN=C(C)N.CON=C(C)N. The molecule has 1 heterocycles. The van der Waals surface area contributed by atoms with E-state index in [-0.39, 0.29) is 11.7 Å². The average molecular weight is 436 g/mol. The summed E-state index contributed by atoms with van der Waals surface area (Å²) >= 11 is 0. The number of oxime groups is 2. The number of amidine groups is 4. The third kappa shape index (κ3) is 44.2. The molecule has 30 heavy (non-hydrogen) atoms. The second-order valence-electron chi connectivity index (χ2n) is 5.62. The van der Waals surface area contributed by atoms with Crippen LogP contribution in [0.2, 0.25) is 0 Å². The second kappa shape index (κ2) is 25.6. The zero-order valence-corrected chi connectivity index (χ0v) is 19.2. The number of likely N-dealkylation sites (tertiary alicyclic amines) is 1. The molecule has 0 aliphatic carbocycles. The Kier molecular flexibility index (Phi) is 29.0. The summed E-state index contributed by atoms with van der Waals surface area (Å²) in [6.45, 7) is 10.1. The lowest BCUT2D eigenvalue weighted by Crippen LogP contribution is -2.24. The van der Waals surface area contributed by atoms with Gasteiger partial charge < -0.3 is 49.1 Å². The highest BCUT2D eigenvalue weighted by Gasteiger charge is 2.12. The first-order valence-corrected chi connectivity index (χ1v) is 8.88. The lowest BCUT2D eigenvalue weighted by molar-refractivity contribution is -0.127. The van der Waals surface area contributed by atoms with Gasteiger partial charge in [-0.05, 0) is 40.5 Å². The quantitative estimate of drug-likeness (QED) is 0.0926. The molecule has 12 N–H and O–H groups in total. The van der Waals surface area contributed by atoms with Gasteiger partial charge in [0, 0.05) is 27.1 Å². The largest absolute Gasteiger partial charge is 0.409 e. The third-order valence-corrected chi connectivity index (χ3v) is 2.44. The Hall–Kier alpha value is -3.45. The Morgan fingerprint density at radius 1 is 0.933 bits per heavy atom. The van der Waals surface area contributed by atoms with Gasteiger partial charge in [0.1, 0.15) is 30.5 Å². The highest BCUT2D eigenvalue weighted by atomic mass is 16.6. The number of hydrogen-bond donors (Lipinski definition) is 7. The van der Waals surface area contributed by atoms with Crippen LogP contribution in [0.1, 0.15) is 47.5 Å². The maximum Gasteiger partial charge on any atom is 0.219 e. The van der Waals surface area contributed by atoms with Crippen LogP contribution in [0.25, 0.3) is 0 Å². The Morgan fingerprint density at radius 2 is 1.33 bits per heavy atom. The van der Waals surface area contributed by atoms with Crippen molar-refractivity contribution < 1.29 is 14.8 Å². The third-order valence-electron chi connectivity index (χ3n) is 2.44. The molecular weight excluding hydrogens is 394 g/mol. The van der Waals surface area contributed by atoms with Crippen LogP contribution in [0.3, 0.4) is 0 Å². The van der Waals surface area contributed by atoms with E-state index in [9.17, 15) is 4.79 Å². The molecule has 0 aromatic heterocycles. The van der Waals surface area contributed by atoms with E-state index in [1.54, 1.807) is 34.7 Å². The second-order valence-corrected chi connectivity index (χ2v) is 5.62. The minimum absolute atomic E-state index is 0.185. The van der Waals surface area contributed by atoms with Crippen molar-refractivity contribution >= 4 is 29.2 Å². The van der Waals surface area contributed by atoms with Crippen molar-refractivity contribution in [3.63, 3.8) is 0 Å². The number of nitrogens with two attached hydrogens (primary N) is 5. The van der Waals surface area contributed by atoms with Crippen LogP contribution in [0.5, 0.6) is 0 Å². The first-order chi connectivity index (χ1) is 13.9. The van der Waals surface area contributed by atoms with Crippen LogP contribution in [0, 0.1) is 0 Å². The number of hydrogen-bond acceptors (Lipinski definition) is 9. The van der Waals surface area contributed by atoms with Crippen molar-refractivity contribution in [2.75, 3.05) is 27.2 Å². The molecule has 0 aromatic carbocycles. The lowest BCUT2D eigenvalue weighted by Gasteiger charge is -2.10. The summed E-state index contributed by atoms with van der Waals surface area (Å²) in [7, 11) is 3.16. The van der Waals surface area contributed by atoms with Crippen molar-refractivity contribution in [1.82, 2.24) is 10.3 Å². The summed E-state index contributed by atoms with van der Waals surface area (Å²) in [6, 6.07) is 0. The molecule has 0 radical (unpaired) electrons. The van der Waals surface area contributed by atoms with Crippen LogP contribution >= 0.6 is 0 Å². The van der Waals surface area contributed by atoms with Gasteiger partial charge in [-0.1, -0.05) is 10.3 Å². The molecule has 1 amide bonds. The summed E-state index contributed by atoms with van der Waals surface area (Å²) < 4.78 is 0. The van der Waals surface area contributed by atoms with Gasteiger partial charge in [-0.3, -0.25) is 4.79 Å². The van der Waals surface area contributed by atoms with E-state index in [1.165, 1.54) is 26.9 Å². The van der Waals surface area contributed by atoms with Gasteiger partial charge in [-0.25, -0.2) is 0 Å². The lowest BCUT2D eigenvalue weighted by atomic mass is 10.4. The molecule has 1 rings (SSSR count). The number of nitrogens with one attached hydrogen (secondary N) is 1.